The van der Waals surface area contributed by atoms with Gasteiger partial charge in [-0.15, -0.1) is 11.3 Å². The second-order valence-corrected chi connectivity index (χ2v) is 18.3. The van der Waals surface area contributed by atoms with Crippen LogP contribution < -0.4 is 15.2 Å². The molecule has 13 nitrogen and oxygen atoms in total. The first kappa shape index (κ1) is 31.8. The monoisotopic (exact) mass is 659 g/mol. The van der Waals surface area contributed by atoms with E-state index in [4.69, 9.17) is 4.74 Å². The van der Waals surface area contributed by atoms with Crippen molar-refractivity contribution in [3.63, 3.8) is 0 Å². The predicted octanol–water partition coefficient (Wildman–Crippen LogP) is -0.0879. The molecule has 1 amide bonds. The molecule has 0 bridgehead atoms. The van der Waals surface area contributed by atoms with Gasteiger partial charge in [0.05, 0.1) is 40.9 Å². The molecule has 0 saturated carbocycles. The molecule has 0 atom stereocenters. The molecule has 1 aliphatic carbocycles. The number of amides is 1. The van der Waals surface area contributed by atoms with Crippen LogP contribution in [0, 0.1) is 5.41 Å². The number of ether oxygens (including phenoxy) is 1. The van der Waals surface area contributed by atoms with E-state index in [2.05, 4.69) is 10.3 Å². The first-order chi connectivity index (χ1) is 19.4. The van der Waals surface area contributed by atoms with Crippen molar-refractivity contribution in [2.24, 2.45) is 5.41 Å². The lowest BCUT2D eigenvalue weighted by Gasteiger charge is -2.29. The van der Waals surface area contributed by atoms with Crippen LogP contribution >= 0.6 is 11.3 Å². The van der Waals surface area contributed by atoms with E-state index >= 15 is 0 Å². The molecular weight excluding hydrogens is 631 g/mol. The van der Waals surface area contributed by atoms with E-state index in [0.717, 1.165) is 15.8 Å². The Kier molecular flexibility index (Phi) is 8.47. The summed E-state index contributed by atoms with van der Waals surface area (Å²) in [4.78, 5) is 29.2. The number of rotatable bonds is 12. The molecule has 1 heterocycles. The molecule has 2 aromatic carbocycles. The zero-order valence-corrected chi connectivity index (χ0v) is 26.2. The summed E-state index contributed by atoms with van der Waals surface area (Å²) < 4.78 is 78.3. The summed E-state index contributed by atoms with van der Waals surface area (Å²) >= 11 is 1.28. The molecule has 3 aromatic rings. The molecular formula is C25H29N3O10S4. The SMILES string of the molecule is CS(=O)(=O)[N+](CCOc1ccc2sc(CNC(=O)C3(CC(=O)[O-])Cc4ccccc4C3)nc2c1)(S(C)(=O)=O)S(C)(=O)=O. The molecule has 228 valence electrons. The van der Waals surface area contributed by atoms with Crippen molar-refractivity contribution in [2.75, 3.05) is 31.9 Å². The fraction of sp³-hybridized carbons (Fsp3) is 0.400. The number of sulfonamides is 3. The van der Waals surface area contributed by atoms with Gasteiger partial charge in [-0.1, -0.05) is 24.3 Å². The van der Waals surface area contributed by atoms with Gasteiger partial charge in [0.15, 0.2) is 6.54 Å². The largest absolute Gasteiger partial charge is 0.550 e. The number of nitrogens with zero attached hydrogens (tertiary/aromatic N) is 2. The molecule has 0 radical (unpaired) electrons. The van der Waals surface area contributed by atoms with Crippen molar-refractivity contribution >= 4 is 63.5 Å². The van der Waals surface area contributed by atoms with Crippen LogP contribution in [0.15, 0.2) is 42.5 Å². The summed E-state index contributed by atoms with van der Waals surface area (Å²) in [5, 5.41) is 14.8. The molecule has 0 saturated heterocycles. The maximum Gasteiger partial charge on any atom is 0.323 e. The topological polar surface area (TPSA) is 194 Å². The number of carbonyl (C=O) groups excluding carboxylic acids is 2. The lowest BCUT2D eigenvalue weighted by Crippen LogP contribution is -2.60. The molecule has 1 N–H and O–H groups in total. The fourth-order valence-corrected chi connectivity index (χ4v) is 13.3. The number of thiazole rings is 1. The van der Waals surface area contributed by atoms with Gasteiger partial charge in [-0.25, -0.2) is 4.98 Å². The van der Waals surface area contributed by atoms with Crippen LogP contribution in [0.1, 0.15) is 22.6 Å². The highest BCUT2D eigenvalue weighted by Gasteiger charge is 2.57. The van der Waals surface area contributed by atoms with Crippen molar-refractivity contribution < 1.29 is 47.4 Å². The number of carboxylic acids is 1. The second kappa shape index (κ2) is 11.2. The van der Waals surface area contributed by atoms with Crippen LogP contribution in [-0.4, -0.2) is 76.7 Å². The Morgan fingerprint density at radius 3 is 2.07 bits per heavy atom. The summed E-state index contributed by atoms with van der Waals surface area (Å²) in [6, 6.07) is 12.1. The third kappa shape index (κ3) is 6.01. The van der Waals surface area contributed by atoms with E-state index in [0.29, 0.717) is 29.3 Å². The summed E-state index contributed by atoms with van der Waals surface area (Å²) in [6.07, 6.45) is 1.73. The highest BCUT2D eigenvalue weighted by molar-refractivity contribution is 8.09. The smallest absolute Gasteiger partial charge is 0.323 e. The molecule has 0 aliphatic heterocycles. The van der Waals surface area contributed by atoms with Gasteiger partial charge in [0.25, 0.3) is 0 Å². The van der Waals surface area contributed by atoms with Crippen molar-refractivity contribution in [1.29, 1.82) is 0 Å². The average molecular weight is 660 g/mol. The van der Waals surface area contributed by atoms with Gasteiger partial charge >= 0.3 is 30.1 Å². The third-order valence-corrected chi connectivity index (χ3v) is 16.6. The van der Waals surface area contributed by atoms with Gasteiger partial charge in [-0.2, -0.15) is 25.3 Å². The number of aliphatic carboxylic acids is 1. The Labute approximate surface area is 247 Å². The minimum absolute atomic E-state index is 0.0383. The summed E-state index contributed by atoms with van der Waals surface area (Å²) in [5.41, 5.74) is 1.14. The van der Waals surface area contributed by atoms with Crippen molar-refractivity contribution in [2.45, 2.75) is 25.8 Å². The summed E-state index contributed by atoms with van der Waals surface area (Å²) in [5.74, 6) is -1.55. The van der Waals surface area contributed by atoms with E-state index in [-0.39, 0.29) is 25.1 Å². The third-order valence-electron chi connectivity index (χ3n) is 7.09. The predicted molar refractivity (Wildman–Crippen MR) is 153 cm³/mol. The molecule has 1 aliphatic rings. The highest BCUT2D eigenvalue weighted by atomic mass is 32.3. The Bertz CT molecular complexity index is 1780. The molecule has 4 rings (SSSR count). The average Bonchev–Trinajstić information content (AvgIpc) is 3.43. The Morgan fingerprint density at radius 1 is 0.976 bits per heavy atom. The quantitative estimate of drug-likeness (QED) is 0.256. The molecule has 42 heavy (non-hydrogen) atoms. The number of benzene rings is 2. The Hall–Kier alpha value is -3.12. The molecule has 17 heteroatoms. The van der Waals surface area contributed by atoms with Crippen LogP contribution in [0.5, 0.6) is 5.75 Å². The van der Waals surface area contributed by atoms with Crippen LogP contribution in [0.2, 0.25) is 0 Å². The first-order valence-electron chi connectivity index (χ1n) is 12.4. The van der Waals surface area contributed by atoms with Gasteiger partial charge in [-0.3, -0.25) is 4.79 Å². The number of fused-ring (bicyclic) bond motifs is 2. The first-order valence-corrected chi connectivity index (χ1v) is 18.8. The maximum absolute atomic E-state index is 13.2. The van der Waals surface area contributed by atoms with Crippen molar-refractivity contribution in [3.05, 3.63) is 58.6 Å². The Balaban J connectivity index is 1.47. The number of nitrogens with one attached hydrogen (secondary N) is 1. The molecule has 0 fully saturated rings. The van der Waals surface area contributed by atoms with Crippen LogP contribution in [0.4, 0.5) is 0 Å². The van der Waals surface area contributed by atoms with Gasteiger partial charge in [0.2, 0.25) is 5.91 Å². The van der Waals surface area contributed by atoms with E-state index in [1.54, 1.807) is 6.07 Å². The number of aromatic nitrogens is 1. The number of carboxylic acid groups (broad SMARTS) is 1. The van der Waals surface area contributed by atoms with E-state index in [1.807, 2.05) is 24.3 Å². The number of quaternary nitrogens is 1. The van der Waals surface area contributed by atoms with E-state index < -0.39 is 69.6 Å². The normalized spacial score (nSPS) is 15.3. The van der Waals surface area contributed by atoms with Crippen LogP contribution in [0.25, 0.3) is 10.2 Å². The standard InChI is InChI=1S/C25H29N3O10S4/c1-40(32,33)28(41(2,34)35,42(3,36)37)10-11-38-19-8-9-21-20(12-19)27-22(39-21)16-26-24(31)25(15-23(29)30)13-17-6-4-5-7-18(17)14-25/h4-9,12H,10-11,13-16H2,1-3H3,(H-,26,29,30,31). The number of hydrogen-bond donors (Lipinski definition) is 1. The summed E-state index contributed by atoms with van der Waals surface area (Å²) in [6.45, 7) is -1.42. The minimum atomic E-state index is -4.67. The van der Waals surface area contributed by atoms with Crippen molar-refractivity contribution in [1.82, 2.24) is 10.3 Å². The van der Waals surface area contributed by atoms with Gasteiger partial charge < -0.3 is 20.0 Å². The van der Waals surface area contributed by atoms with E-state index in [1.165, 1.54) is 23.5 Å². The van der Waals surface area contributed by atoms with Gasteiger partial charge in [-0.05, 0) is 38.8 Å². The fourth-order valence-electron chi connectivity index (χ4n) is 5.31. The maximum atomic E-state index is 13.2. The number of carbonyl (C=O) groups is 2. The lowest BCUT2D eigenvalue weighted by atomic mass is 9.80. The van der Waals surface area contributed by atoms with Gasteiger partial charge in [0.1, 0.15) is 17.4 Å². The molecule has 1 aromatic heterocycles. The number of hydrogen-bond acceptors (Lipinski definition) is 12. The van der Waals surface area contributed by atoms with Crippen molar-refractivity contribution in [3.8, 4) is 5.75 Å². The zero-order chi connectivity index (χ0) is 31.1. The lowest BCUT2D eigenvalue weighted by molar-refractivity contribution is -0.524. The van der Waals surface area contributed by atoms with Crippen LogP contribution in [0.3, 0.4) is 0 Å². The second-order valence-electron chi connectivity index (χ2n) is 10.3. The summed E-state index contributed by atoms with van der Waals surface area (Å²) in [7, 11) is -14.0. The van der Waals surface area contributed by atoms with Gasteiger partial charge in [0, 0.05) is 18.5 Å². The molecule has 0 spiro atoms. The zero-order valence-electron chi connectivity index (χ0n) is 22.9. The molecule has 0 unspecified atom stereocenters. The van der Waals surface area contributed by atoms with Crippen LogP contribution in [-0.2, 0) is 59.0 Å². The minimum Gasteiger partial charge on any atom is -0.550 e. The Morgan fingerprint density at radius 2 is 1.55 bits per heavy atom. The van der Waals surface area contributed by atoms with E-state index in [9.17, 15) is 39.9 Å². The highest BCUT2D eigenvalue weighted by Crippen LogP contribution is 2.40.